The molecule has 2 aromatic rings. The van der Waals surface area contributed by atoms with Gasteiger partial charge in [0.05, 0.1) is 6.42 Å². The maximum atomic E-state index is 12.3. The van der Waals surface area contributed by atoms with Crippen LogP contribution in [0.3, 0.4) is 0 Å². The fourth-order valence-corrected chi connectivity index (χ4v) is 3.48. The molecule has 1 aliphatic rings. The summed E-state index contributed by atoms with van der Waals surface area (Å²) < 4.78 is 0. The number of aromatic amines is 1. The molecule has 0 radical (unpaired) electrons. The van der Waals surface area contributed by atoms with Crippen molar-refractivity contribution in [3.05, 3.63) is 46.1 Å². The number of aromatic nitrogens is 1. The summed E-state index contributed by atoms with van der Waals surface area (Å²) in [5.74, 6) is -1.26. The van der Waals surface area contributed by atoms with Gasteiger partial charge >= 0.3 is 5.97 Å². The van der Waals surface area contributed by atoms with Crippen LogP contribution in [0.4, 0.5) is 0 Å². The number of carbonyl (C=O) groups excluding carboxylic acids is 1. The van der Waals surface area contributed by atoms with Crippen LogP contribution in [0.15, 0.2) is 29.8 Å². The highest BCUT2D eigenvalue weighted by Gasteiger charge is 2.19. The molecule has 0 saturated heterocycles. The second-order valence-electron chi connectivity index (χ2n) is 6.36. The van der Waals surface area contributed by atoms with Crippen LogP contribution >= 0.6 is 11.6 Å². The lowest BCUT2D eigenvalue weighted by Gasteiger charge is -2.13. The van der Waals surface area contributed by atoms with Crippen molar-refractivity contribution in [1.29, 1.82) is 0 Å². The number of amides is 1. The van der Waals surface area contributed by atoms with Crippen molar-refractivity contribution in [2.24, 2.45) is 0 Å². The number of carboxylic acids is 1. The molecular formula is C19H21ClN2O3. The van der Waals surface area contributed by atoms with Gasteiger partial charge in [-0.05, 0) is 50.3 Å². The zero-order valence-electron chi connectivity index (χ0n) is 13.9. The molecule has 0 bridgehead atoms. The van der Waals surface area contributed by atoms with Crippen molar-refractivity contribution < 1.29 is 14.7 Å². The fraction of sp³-hybridized carbons (Fsp3) is 0.368. The molecule has 132 valence electrons. The van der Waals surface area contributed by atoms with Crippen LogP contribution in [0.2, 0.25) is 5.02 Å². The summed E-state index contributed by atoms with van der Waals surface area (Å²) in [5, 5.41) is 13.5. The SMILES string of the molecule is O=C(Cc1c(C(=O)O)[nH]c2ccc(Cl)cc12)NCCC1=CCCCC1. The summed E-state index contributed by atoms with van der Waals surface area (Å²) in [4.78, 5) is 26.6. The molecule has 5 nitrogen and oxygen atoms in total. The third-order valence-corrected chi connectivity index (χ3v) is 4.81. The number of H-pyrrole nitrogens is 1. The highest BCUT2D eigenvalue weighted by atomic mass is 35.5. The van der Waals surface area contributed by atoms with E-state index < -0.39 is 5.97 Å². The van der Waals surface area contributed by atoms with Gasteiger partial charge in [0, 0.05) is 28.0 Å². The van der Waals surface area contributed by atoms with Crippen LogP contribution in [0.5, 0.6) is 0 Å². The monoisotopic (exact) mass is 360 g/mol. The Kier molecular flexibility index (Phi) is 5.43. The summed E-state index contributed by atoms with van der Waals surface area (Å²) in [5.41, 5.74) is 2.58. The van der Waals surface area contributed by atoms with Gasteiger partial charge < -0.3 is 15.4 Å². The smallest absolute Gasteiger partial charge is 0.352 e. The number of benzene rings is 1. The summed E-state index contributed by atoms with van der Waals surface area (Å²) in [6, 6.07) is 5.10. The molecule has 0 spiro atoms. The average molecular weight is 361 g/mol. The van der Waals surface area contributed by atoms with Gasteiger partial charge in [-0.1, -0.05) is 23.3 Å². The van der Waals surface area contributed by atoms with Crippen LogP contribution in [0.1, 0.15) is 48.2 Å². The molecule has 1 aromatic carbocycles. The Morgan fingerprint density at radius 3 is 2.84 bits per heavy atom. The number of carbonyl (C=O) groups is 2. The molecule has 0 unspecified atom stereocenters. The molecule has 1 aliphatic carbocycles. The van der Waals surface area contributed by atoms with E-state index in [1.807, 2.05) is 0 Å². The topological polar surface area (TPSA) is 82.2 Å². The normalized spacial score (nSPS) is 14.4. The van der Waals surface area contributed by atoms with Crippen molar-refractivity contribution in [2.45, 2.75) is 38.5 Å². The zero-order chi connectivity index (χ0) is 17.8. The lowest BCUT2D eigenvalue weighted by Crippen LogP contribution is -2.27. The first-order valence-corrected chi connectivity index (χ1v) is 8.90. The largest absolute Gasteiger partial charge is 0.477 e. The Balaban J connectivity index is 1.69. The Morgan fingerprint density at radius 2 is 2.12 bits per heavy atom. The Hall–Kier alpha value is -2.27. The minimum atomic E-state index is -1.08. The molecule has 0 saturated carbocycles. The first kappa shape index (κ1) is 17.5. The average Bonchev–Trinajstić information content (AvgIpc) is 2.94. The van der Waals surface area contributed by atoms with Gasteiger partial charge in [-0.2, -0.15) is 0 Å². The Bertz CT molecular complexity index is 839. The third kappa shape index (κ3) is 4.23. The summed E-state index contributed by atoms with van der Waals surface area (Å²) in [6.07, 6.45) is 7.84. The van der Waals surface area contributed by atoms with Crippen molar-refractivity contribution >= 4 is 34.4 Å². The predicted octanol–water partition coefficient (Wildman–Crippen LogP) is 4.07. The minimum absolute atomic E-state index is 0.0149. The van der Waals surface area contributed by atoms with Gasteiger partial charge in [-0.15, -0.1) is 0 Å². The summed E-state index contributed by atoms with van der Waals surface area (Å²) in [7, 11) is 0. The van der Waals surface area contributed by atoms with E-state index in [0.717, 1.165) is 19.3 Å². The molecule has 3 N–H and O–H groups in total. The van der Waals surface area contributed by atoms with Crippen LogP contribution in [0.25, 0.3) is 10.9 Å². The molecule has 1 heterocycles. The second-order valence-corrected chi connectivity index (χ2v) is 6.79. The Morgan fingerprint density at radius 1 is 1.28 bits per heavy atom. The number of halogens is 1. The Labute approximate surface area is 151 Å². The predicted molar refractivity (Wildman–Crippen MR) is 98.1 cm³/mol. The second kappa shape index (κ2) is 7.74. The quantitative estimate of drug-likeness (QED) is 0.679. The van der Waals surface area contributed by atoms with Crippen molar-refractivity contribution in [3.8, 4) is 0 Å². The first-order valence-electron chi connectivity index (χ1n) is 8.52. The van der Waals surface area contributed by atoms with Crippen LogP contribution in [-0.4, -0.2) is 28.5 Å². The third-order valence-electron chi connectivity index (χ3n) is 4.57. The van der Waals surface area contributed by atoms with E-state index in [1.54, 1.807) is 18.2 Å². The van der Waals surface area contributed by atoms with E-state index in [9.17, 15) is 14.7 Å². The van der Waals surface area contributed by atoms with E-state index in [1.165, 1.54) is 18.4 Å². The van der Waals surface area contributed by atoms with Gasteiger partial charge in [-0.3, -0.25) is 4.79 Å². The summed E-state index contributed by atoms with van der Waals surface area (Å²) >= 11 is 6.02. The number of carboxylic acid groups (broad SMARTS) is 1. The number of rotatable bonds is 6. The molecule has 1 amide bonds. The number of allylic oxidation sites excluding steroid dienone is 1. The maximum absolute atomic E-state index is 12.3. The lowest BCUT2D eigenvalue weighted by atomic mass is 9.97. The molecule has 0 fully saturated rings. The maximum Gasteiger partial charge on any atom is 0.352 e. The molecule has 6 heteroatoms. The van der Waals surface area contributed by atoms with Crippen LogP contribution in [0, 0.1) is 0 Å². The van der Waals surface area contributed by atoms with Gasteiger partial charge in [0.25, 0.3) is 0 Å². The number of fused-ring (bicyclic) bond motifs is 1. The highest BCUT2D eigenvalue weighted by molar-refractivity contribution is 6.31. The van der Waals surface area contributed by atoms with Crippen molar-refractivity contribution in [2.75, 3.05) is 6.54 Å². The van der Waals surface area contributed by atoms with Crippen LogP contribution < -0.4 is 5.32 Å². The molecule has 0 atom stereocenters. The molecule has 1 aromatic heterocycles. The molecule has 25 heavy (non-hydrogen) atoms. The van der Waals surface area contributed by atoms with E-state index in [2.05, 4.69) is 16.4 Å². The number of hydrogen-bond donors (Lipinski definition) is 3. The number of aromatic carboxylic acids is 1. The van der Waals surface area contributed by atoms with Gasteiger partial charge in [0.15, 0.2) is 0 Å². The van der Waals surface area contributed by atoms with E-state index in [-0.39, 0.29) is 18.0 Å². The van der Waals surface area contributed by atoms with Gasteiger partial charge in [0.1, 0.15) is 5.69 Å². The minimum Gasteiger partial charge on any atom is -0.477 e. The molecule has 3 rings (SSSR count). The van der Waals surface area contributed by atoms with Gasteiger partial charge in [-0.25, -0.2) is 4.79 Å². The highest BCUT2D eigenvalue weighted by Crippen LogP contribution is 2.26. The number of hydrogen-bond acceptors (Lipinski definition) is 2. The van der Waals surface area contributed by atoms with E-state index >= 15 is 0 Å². The lowest BCUT2D eigenvalue weighted by molar-refractivity contribution is -0.120. The van der Waals surface area contributed by atoms with Crippen molar-refractivity contribution in [3.63, 3.8) is 0 Å². The van der Waals surface area contributed by atoms with E-state index in [4.69, 9.17) is 11.6 Å². The number of nitrogens with one attached hydrogen (secondary N) is 2. The fourth-order valence-electron chi connectivity index (χ4n) is 3.30. The van der Waals surface area contributed by atoms with Gasteiger partial charge in [0.2, 0.25) is 5.91 Å². The molecular weight excluding hydrogens is 340 g/mol. The van der Waals surface area contributed by atoms with Crippen LogP contribution in [-0.2, 0) is 11.2 Å². The first-order chi connectivity index (χ1) is 12.0. The van der Waals surface area contributed by atoms with Crippen molar-refractivity contribution in [1.82, 2.24) is 10.3 Å². The zero-order valence-corrected chi connectivity index (χ0v) is 14.7. The summed E-state index contributed by atoms with van der Waals surface area (Å²) in [6.45, 7) is 0.580. The standard InChI is InChI=1S/C19H21ClN2O3/c20-13-6-7-16-14(10-13)15(18(22-16)19(24)25)11-17(23)21-9-8-12-4-2-1-3-5-12/h4,6-7,10,22H,1-3,5,8-9,11H2,(H,21,23)(H,24,25). The molecule has 0 aliphatic heterocycles. The van der Waals surface area contributed by atoms with E-state index in [0.29, 0.717) is 28.0 Å².